The molecule has 1 amide bonds. The number of Topliss-reactive ketones (excluding diaryl/α,β-unsaturated/α-hetero) is 1. The number of carbonyl (C=O) groups excluding carboxylic acids is 2. The van der Waals surface area contributed by atoms with Crippen LogP contribution >= 0.6 is 15.9 Å². The molecule has 9 nitrogen and oxygen atoms in total. The minimum absolute atomic E-state index is 0.0609. The number of piperazine rings is 1. The Morgan fingerprint density at radius 2 is 1.69 bits per heavy atom. The van der Waals surface area contributed by atoms with Crippen LogP contribution in [-0.4, -0.2) is 74.0 Å². The fourth-order valence-electron chi connectivity index (χ4n) is 3.95. The predicted octanol–water partition coefficient (Wildman–Crippen LogP) is 2.32. The number of nitrogens with zero attached hydrogens (tertiary/aromatic N) is 2. The maximum Gasteiger partial charge on any atom is 0.260 e. The highest BCUT2D eigenvalue weighted by Crippen LogP contribution is 2.31. The molecule has 1 fully saturated rings. The van der Waals surface area contributed by atoms with Crippen LogP contribution in [0.1, 0.15) is 19.4 Å². The molecule has 2 N–H and O–H groups in total. The van der Waals surface area contributed by atoms with Gasteiger partial charge in [-0.05, 0) is 49.7 Å². The van der Waals surface area contributed by atoms with Gasteiger partial charge in [0.05, 0.1) is 0 Å². The van der Waals surface area contributed by atoms with E-state index in [1.807, 2.05) is 13.8 Å². The van der Waals surface area contributed by atoms with Crippen LogP contribution in [0, 0.1) is 5.82 Å². The maximum absolute atomic E-state index is 13.2. The van der Waals surface area contributed by atoms with Crippen LogP contribution in [0.4, 0.5) is 4.39 Å². The first-order chi connectivity index (χ1) is 16.9. The molecule has 1 aliphatic rings. The first kappa shape index (κ1) is 28.0. The average molecular weight is 586 g/mol. The Morgan fingerprint density at radius 1 is 1.03 bits per heavy atom. The van der Waals surface area contributed by atoms with Crippen LogP contribution in [-0.2, 0) is 26.2 Å². The van der Waals surface area contributed by atoms with E-state index in [-0.39, 0.29) is 41.9 Å². The van der Waals surface area contributed by atoms with Crippen molar-refractivity contribution in [2.45, 2.75) is 32.5 Å². The van der Waals surface area contributed by atoms with Gasteiger partial charge in [0.1, 0.15) is 18.2 Å². The van der Waals surface area contributed by atoms with Crippen molar-refractivity contribution in [3.05, 3.63) is 58.3 Å². The lowest BCUT2D eigenvalue weighted by atomic mass is 10.1. The van der Waals surface area contributed by atoms with E-state index in [1.165, 1.54) is 12.1 Å². The lowest BCUT2D eigenvalue weighted by Gasteiger charge is -2.44. The fourth-order valence-corrected chi connectivity index (χ4v) is 4.82. The van der Waals surface area contributed by atoms with Gasteiger partial charge in [0.15, 0.2) is 23.9 Å². The van der Waals surface area contributed by atoms with Crippen LogP contribution in [0.5, 0.6) is 11.5 Å². The lowest BCUT2D eigenvalue weighted by Crippen LogP contribution is -2.58. The van der Waals surface area contributed by atoms with E-state index >= 15 is 0 Å². The summed E-state index contributed by atoms with van der Waals surface area (Å²) in [5.41, 5.74) is 1.00. The van der Waals surface area contributed by atoms with E-state index in [4.69, 9.17) is 14.6 Å². The fraction of sp³-hybridized carbons (Fsp3) is 0.417. The summed E-state index contributed by atoms with van der Waals surface area (Å²) in [6.45, 7) is 5.08. The molecule has 1 heterocycles. The number of carbonyl (C=O) groups is 2. The van der Waals surface area contributed by atoms with Crippen molar-refractivity contribution >= 4 is 37.6 Å². The van der Waals surface area contributed by atoms with Crippen LogP contribution in [0.25, 0.3) is 0 Å². The Kier molecular flexibility index (Phi) is 9.45. The summed E-state index contributed by atoms with van der Waals surface area (Å²) in [5, 5.41) is 4.89. The standard InChI is InChI=1S/C24H29BrFN3O6S/c1-16-11-29(17(2)10-28(16)12-18-3-6-20(26)7-4-18)24(31)14-35-22-8-5-19(25)9-23(22)34-13-21(30)15-36(27,32)33/h3-9,16-17H,10-15H2,1-2H3,(H2,27,32,33)/t16-,17+/m0/s1. The molecule has 0 saturated carbocycles. The smallest absolute Gasteiger partial charge is 0.260 e. The summed E-state index contributed by atoms with van der Waals surface area (Å²) in [6, 6.07) is 11.3. The second kappa shape index (κ2) is 12.1. The number of primary sulfonamides is 1. The van der Waals surface area contributed by atoms with E-state index in [9.17, 15) is 22.4 Å². The number of halogens is 2. The highest BCUT2D eigenvalue weighted by molar-refractivity contribution is 9.10. The van der Waals surface area contributed by atoms with E-state index in [2.05, 4.69) is 20.8 Å². The molecular formula is C24H29BrFN3O6S. The number of sulfonamides is 1. The van der Waals surface area contributed by atoms with Crippen LogP contribution < -0.4 is 14.6 Å². The first-order valence-electron chi connectivity index (χ1n) is 11.3. The molecule has 1 aliphatic heterocycles. The Labute approximate surface area is 218 Å². The van der Waals surface area contributed by atoms with E-state index in [0.29, 0.717) is 24.1 Å². The van der Waals surface area contributed by atoms with Gasteiger partial charge in [-0.25, -0.2) is 17.9 Å². The molecule has 0 spiro atoms. The SMILES string of the molecule is C[C@@H]1CN(Cc2ccc(F)cc2)[C@@H](C)CN1C(=O)COc1ccc(Br)cc1OCC(=O)CS(N)(=O)=O. The van der Waals surface area contributed by atoms with Crippen LogP contribution in [0.15, 0.2) is 46.9 Å². The number of nitrogens with two attached hydrogens (primary N) is 1. The number of amides is 1. The first-order valence-corrected chi connectivity index (χ1v) is 13.8. The van der Waals surface area contributed by atoms with Crippen molar-refractivity contribution in [1.29, 1.82) is 0 Å². The summed E-state index contributed by atoms with van der Waals surface area (Å²) in [7, 11) is -3.95. The van der Waals surface area contributed by atoms with Gasteiger partial charge in [-0.15, -0.1) is 0 Å². The Morgan fingerprint density at radius 3 is 2.36 bits per heavy atom. The molecule has 196 valence electrons. The molecule has 36 heavy (non-hydrogen) atoms. The third-order valence-electron chi connectivity index (χ3n) is 5.74. The molecule has 0 aliphatic carbocycles. The Hall–Kier alpha value is -2.54. The van der Waals surface area contributed by atoms with Crippen molar-refractivity contribution in [3.63, 3.8) is 0 Å². The number of benzene rings is 2. The van der Waals surface area contributed by atoms with Gasteiger partial charge < -0.3 is 14.4 Å². The van der Waals surface area contributed by atoms with Crippen LogP contribution in [0.3, 0.4) is 0 Å². The van der Waals surface area contributed by atoms with Gasteiger partial charge in [-0.1, -0.05) is 28.1 Å². The average Bonchev–Trinajstić information content (AvgIpc) is 2.79. The van der Waals surface area contributed by atoms with Gasteiger partial charge in [0.25, 0.3) is 5.91 Å². The van der Waals surface area contributed by atoms with E-state index in [0.717, 1.165) is 5.56 Å². The third-order valence-corrected chi connectivity index (χ3v) is 6.96. The number of hydrogen-bond acceptors (Lipinski definition) is 7. The van der Waals surface area contributed by atoms with Gasteiger partial charge in [0, 0.05) is 36.2 Å². The molecule has 2 atom stereocenters. The Balaban J connectivity index is 1.57. The molecule has 0 aromatic heterocycles. The van der Waals surface area contributed by atoms with Crippen molar-refractivity contribution in [1.82, 2.24) is 9.80 Å². The van der Waals surface area contributed by atoms with Gasteiger partial charge in [-0.3, -0.25) is 14.5 Å². The molecule has 2 aromatic rings. The van der Waals surface area contributed by atoms with Crippen molar-refractivity contribution < 1.29 is 31.9 Å². The van der Waals surface area contributed by atoms with Crippen molar-refractivity contribution in [2.75, 3.05) is 32.1 Å². The lowest BCUT2D eigenvalue weighted by molar-refractivity contribution is -0.139. The molecule has 1 saturated heterocycles. The zero-order valence-corrected chi connectivity index (χ0v) is 22.4. The summed E-state index contributed by atoms with van der Waals surface area (Å²) < 4.78 is 47.2. The minimum Gasteiger partial charge on any atom is -0.482 e. The molecule has 12 heteroatoms. The topological polar surface area (TPSA) is 119 Å². The second-order valence-electron chi connectivity index (χ2n) is 8.81. The molecule has 0 bridgehead atoms. The van der Waals surface area contributed by atoms with Gasteiger partial charge in [-0.2, -0.15) is 0 Å². The van der Waals surface area contributed by atoms with Gasteiger partial charge in [0.2, 0.25) is 10.0 Å². The predicted molar refractivity (Wildman–Crippen MR) is 136 cm³/mol. The molecule has 2 aromatic carbocycles. The summed E-state index contributed by atoms with van der Waals surface area (Å²) in [6.07, 6.45) is 0. The molecular weight excluding hydrogens is 557 g/mol. The highest BCUT2D eigenvalue weighted by Gasteiger charge is 2.32. The third kappa shape index (κ3) is 8.26. The number of rotatable bonds is 10. The largest absolute Gasteiger partial charge is 0.482 e. The van der Waals surface area contributed by atoms with E-state index in [1.54, 1.807) is 35.2 Å². The van der Waals surface area contributed by atoms with Crippen molar-refractivity contribution in [3.8, 4) is 11.5 Å². The molecule has 0 unspecified atom stereocenters. The quantitative estimate of drug-likeness (QED) is 0.454. The summed E-state index contributed by atoms with van der Waals surface area (Å²) in [4.78, 5) is 28.8. The summed E-state index contributed by atoms with van der Waals surface area (Å²) >= 11 is 3.31. The van der Waals surface area contributed by atoms with Crippen molar-refractivity contribution in [2.24, 2.45) is 5.14 Å². The number of hydrogen-bond donors (Lipinski definition) is 1. The monoisotopic (exact) mass is 585 g/mol. The Bertz CT molecular complexity index is 1190. The zero-order chi connectivity index (χ0) is 26.5. The molecule has 3 rings (SSSR count). The van der Waals surface area contributed by atoms with Gasteiger partial charge >= 0.3 is 0 Å². The second-order valence-corrected chi connectivity index (χ2v) is 11.3. The number of ether oxygens (including phenoxy) is 2. The normalized spacial score (nSPS) is 18.6. The number of ketones is 1. The van der Waals surface area contributed by atoms with Crippen LogP contribution in [0.2, 0.25) is 0 Å². The highest BCUT2D eigenvalue weighted by atomic mass is 79.9. The maximum atomic E-state index is 13.2. The van der Waals surface area contributed by atoms with E-state index < -0.39 is 28.2 Å². The summed E-state index contributed by atoms with van der Waals surface area (Å²) in [5.74, 6) is -1.59. The zero-order valence-electron chi connectivity index (χ0n) is 20.0. The minimum atomic E-state index is -3.95. The molecule has 0 radical (unpaired) electrons.